The number of halogens is 1. The lowest BCUT2D eigenvalue weighted by molar-refractivity contribution is 0.122. The van der Waals surface area contributed by atoms with E-state index in [0.717, 1.165) is 18.4 Å². The van der Waals surface area contributed by atoms with Gasteiger partial charge in [0.05, 0.1) is 19.3 Å². The number of methoxy groups -OCH3 is 1. The van der Waals surface area contributed by atoms with Gasteiger partial charge in [0.25, 0.3) is 0 Å². The van der Waals surface area contributed by atoms with E-state index in [0.29, 0.717) is 23.2 Å². The molecule has 1 heterocycles. The monoisotopic (exact) mass is 287 g/mol. The quantitative estimate of drug-likeness (QED) is 0.880. The minimum absolute atomic E-state index is 0. The van der Waals surface area contributed by atoms with Gasteiger partial charge < -0.3 is 25.1 Å². The second-order valence-electron chi connectivity index (χ2n) is 4.81. The molecule has 1 aliphatic carbocycles. The second kappa shape index (κ2) is 5.45. The minimum atomic E-state index is -0.505. The Hall–Kier alpha value is -1.17. The molecule has 1 aromatic rings. The number of fused-ring (bicyclic) bond motifs is 1. The van der Waals surface area contributed by atoms with Crippen molar-refractivity contribution in [1.82, 2.24) is 0 Å². The first kappa shape index (κ1) is 14.2. The summed E-state index contributed by atoms with van der Waals surface area (Å²) >= 11 is 0. The van der Waals surface area contributed by atoms with Crippen molar-refractivity contribution in [3.63, 3.8) is 0 Å². The highest BCUT2D eigenvalue weighted by Crippen LogP contribution is 2.44. The molecule has 0 saturated heterocycles. The van der Waals surface area contributed by atoms with Crippen LogP contribution in [0.15, 0.2) is 12.1 Å². The van der Waals surface area contributed by atoms with Crippen LogP contribution < -0.4 is 19.9 Å². The molecular formula is C13H18ClNO4. The van der Waals surface area contributed by atoms with Crippen molar-refractivity contribution in [2.45, 2.75) is 25.0 Å². The molecular weight excluding hydrogens is 270 g/mol. The molecule has 2 atom stereocenters. The summed E-state index contributed by atoms with van der Waals surface area (Å²) in [5.41, 5.74) is 6.91. The van der Waals surface area contributed by atoms with Gasteiger partial charge in [-0.15, -0.1) is 12.4 Å². The molecule has 1 saturated carbocycles. The summed E-state index contributed by atoms with van der Waals surface area (Å²) in [6.45, 7) is 0.190. The first-order chi connectivity index (χ1) is 8.70. The zero-order valence-corrected chi connectivity index (χ0v) is 11.5. The molecule has 0 spiro atoms. The molecule has 0 unspecified atom stereocenters. The molecule has 19 heavy (non-hydrogen) atoms. The number of benzene rings is 1. The van der Waals surface area contributed by atoms with Gasteiger partial charge in [-0.05, 0) is 36.5 Å². The van der Waals surface area contributed by atoms with Gasteiger partial charge in [0.15, 0.2) is 11.5 Å². The molecule has 5 nitrogen and oxygen atoms in total. The number of hydrogen-bond acceptors (Lipinski definition) is 5. The van der Waals surface area contributed by atoms with Crippen LogP contribution in [0.5, 0.6) is 17.2 Å². The largest absolute Gasteiger partial charge is 0.493 e. The van der Waals surface area contributed by atoms with Gasteiger partial charge in [-0.1, -0.05) is 0 Å². The average molecular weight is 288 g/mol. The van der Waals surface area contributed by atoms with Crippen LogP contribution in [0, 0.1) is 5.92 Å². The number of ether oxygens (including phenoxy) is 3. The Balaban J connectivity index is 0.00000133. The van der Waals surface area contributed by atoms with E-state index in [9.17, 15) is 5.11 Å². The van der Waals surface area contributed by atoms with Crippen molar-refractivity contribution in [1.29, 1.82) is 0 Å². The molecule has 2 aliphatic rings. The van der Waals surface area contributed by atoms with Crippen LogP contribution in [0.2, 0.25) is 0 Å². The average Bonchev–Trinajstić information content (AvgIpc) is 3.13. The van der Waals surface area contributed by atoms with Gasteiger partial charge in [0.1, 0.15) is 0 Å². The van der Waals surface area contributed by atoms with E-state index in [4.69, 9.17) is 19.9 Å². The van der Waals surface area contributed by atoms with E-state index in [-0.39, 0.29) is 19.2 Å². The topological polar surface area (TPSA) is 73.9 Å². The van der Waals surface area contributed by atoms with Crippen LogP contribution in [0.4, 0.5) is 0 Å². The minimum Gasteiger partial charge on any atom is -0.493 e. The van der Waals surface area contributed by atoms with Gasteiger partial charge >= 0.3 is 0 Å². The van der Waals surface area contributed by atoms with Gasteiger partial charge in [-0.25, -0.2) is 0 Å². The third-order valence-corrected chi connectivity index (χ3v) is 3.54. The Morgan fingerprint density at radius 1 is 1.37 bits per heavy atom. The van der Waals surface area contributed by atoms with Crippen molar-refractivity contribution in [2.24, 2.45) is 11.7 Å². The van der Waals surface area contributed by atoms with Gasteiger partial charge in [0.2, 0.25) is 12.5 Å². The van der Waals surface area contributed by atoms with E-state index < -0.39 is 12.1 Å². The Morgan fingerprint density at radius 2 is 2.11 bits per heavy atom. The highest BCUT2D eigenvalue weighted by atomic mass is 35.5. The molecule has 3 N–H and O–H groups in total. The zero-order chi connectivity index (χ0) is 12.7. The molecule has 1 aromatic carbocycles. The highest BCUT2D eigenvalue weighted by Gasteiger charge is 2.35. The van der Waals surface area contributed by atoms with Crippen molar-refractivity contribution in [3.05, 3.63) is 17.7 Å². The van der Waals surface area contributed by atoms with Gasteiger partial charge in [-0.2, -0.15) is 0 Å². The first-order valence-electron chi connectivity index (χ1n) is 6.12. The lowest BCUT2D eigenvalue weighted by Crippen LogP contribution is -2.27. The number of aliphatic hydroxyl groups is 1. The third-order valence-electron chi connectivity index (χ3n) is 3.54. The third kappa shape index (κ3) is 2.59. The molecule has 0 radical (unpaired) electrons. The fourth-order valence-corrected chi connectivity index (χ4v) is 2.27. The molecule has 0 aromatic heterocycles. The summed E-state index contributed by atoms with van der Waals surface area (Å²) in [5, 5.41) is 10.1. The summed E-state index contributed by atoms with van der Waals surface area (Å²) in [7, 11) is 1.57. The van der Waals surface area contributed by atoms with E-state index in [1.54, 1.807) is 7.11 Å². The molecule has 6 heteroatoms. The summed E-state index contributed by atoms with van der Waals surface area (Å²) in [6, 6.07) is 3.21. The summed E-state index contributed by atoms with van der Waals surface area (Å²) in [4.78, 5) is 0. The SMILES string of the molecule is COc1cc([C@@H](N)[C@@H](O)C2CC2)cc2c1OCO2.Cl. The van der Waals surface area contributed by atoms with Crippen LogP contribution >= 0.6 is 12.4 Å². The lowest BCUT2D eigenvalue weighted by atomic mass is 9.98. The predicted molar refractivity (Wildman–Crippen MR) is 72.0 cm³/mol. The smallest absolute Gasteiger partial charge is 0.231 e. The fraction of sp³-hybridized carbons (Fsp3) is 0.538. The van der Waals surface area contributed by atoms with Crippen LogP contribution in [-0.2, 0) is 0 Å². The molecule has 3 rings (SSSR count). The van der Waals surface area contributed by atoms with Crippen LogP contribution in [-0.4, -0.2) is 25.1 Å². The fourth-order valence-electron chi connectivity index (χ4n) is 2.27. The summed E-state index contributed by atoms with van der Waals surface area (Å²) in [5.74, 6) is 2.16. The van der Waals surface area contributed by atoms with Crippen molar-refractivity contribution >= 4 is 12.4 Å². The molecule has 0 amide bonds. The van der Waals surface area contributed by atoms with Crippen LogP contribution in [0.25, 0.3) is 0 Å². The number of nitrogens with two attached hydrogens (primary N) is 1. The number of hydrogen-bond donors (Lipinski definition) is 2. The van der Waals surface area contributed by atoms with E-state index in [2.05, 4.69) is 0 Å². The van der Waals surface area contributed by atoms with Gasteiger partial charge in [-0.3, -0.25) is 0 Å². The summed E-state index contributed by atoms with van der Waals surface area (Å²) in [6.07, 6.45) is 1.60. The molecule has 1 fully saturated rings. The molecule has 1 aliphatic heterocycles. The second-order valence-corrected chi connectivity index (χ2v) is 4.81. The number of rotatable bonds is 4. The maximum absolute atomic E-state index is 10.1. The van der Waals surface area contributed by atoms with E-state index in [1.807, 2.05) is 12.1 Å². The normalized spacial score (nSPS) is 19.5. The highest BCUT2D eigenvalue weighted by molar-refractivity contribution is 5.85. The zero-order valence-electron chi connectivity index (χ0n) is 10.7. The van der Waals surface area contributed by atoms with Gasteiger partial charge in [0, 0.05) is 0 Å². The Labute approximate surface area is 118 Å². The maximum atomic E-state index is 10.1. The van der Waals surface area contributed by atoms with Crippen molar-refractivity contribution in [3.8, 4) is 17.2 Å². The van der Waals surface area contributed by atoms with E-state index in [1.165, 1.54) is 0 Å². The van der Waals surface area contributed by atoms with Crippen molar-refractivity contribution < 1.29 is 19.3 Å². The Kier molecular flexibility index (Phi) is 4.08. The maximum Gasteiger partial charge on any atom is 0.231 e. The Morgan fingerprint density at radius 3 is 2.74 bits per heavy atom. The predicted octanol–water partition coefficient (Wildman–Crippen LogP) is 1.62. The lowest BCUT2D eigenvalue weighted by Gasteiger charge is -2.19. The standard InChI is InChI=1S/C13H17NO4.ClH/c1-16-9-4-8(5-10-13(9)18-6-17-10)11(14)12(15)7-2-3-7;/h4-5,7,11-12,15H,2-3,6,14H2,1H3;1H/t11-,12+;/m1./s1. The molecule has 106 valence electrons. The van der Waals surface area contributed by atoms with Crippen LogP contribution in [0.3, 0.4) is 0 Å². The molecule has 0 bridgehead atoms. The summed E-state index contributed by atoms with van der Waals surface area (Å²) < 4.78 is 15.9. The first-order valence-corrected chi connectivity index (χ1v) is 6.12. The Bertz CT molecular complexity index is 464. The van der Waals surface area contributed by atoms with Crippen molar-refractivity contribution in [2.75, 3.05) is 13.9 Å². The van der Waals surface area contributed by atoms with Crippen LogP contribution in [0.1, 0.15) is 24.4 Å². The van der Waals surface area contributed by atoms with E-state index >= 15 is 0 Å². The number of aliphatic hydroxyl groups excluding tert-OH is 1.